The molecule has 0 aromatic carbocycles. The summed E-state index contributed by atoms with van der Waals surface area (Å²) in [5.74, 6) is -0.129. The SMILES string of the molecule is CCCCCC(C)(C)CNC(=O)C(N)COC. The monoisotopic (exact) mass is 244 g/mol. The maximum Gasteiger partial charge on any atom is 0.239 e. The Morgan fingerprint density at radius 2 is 2.06 bits per heavy atom. The normalized spacial score (nSPS) is 13.5. The third-order valence-electron chi connectivity index (χ3n) is 2.88. The van der Waals surface area contributed by atoms with Crippen LogP contribution in [0.5, 0.6) is 0 Å². The second kappa shape index (κ2) is 8.48. The van der Waals surface area contributed by atoms with Crippen LogP contribution in [0.2, 0.25) is 0 Å². The molecular weight excluding hydrogens is 216 g/mol. The minimum absolute atomic E-state index is 0.129. The summed E-state index contributed by atoms with van der Waals surface area (Å²) in [5, 5.41) is 2.89. The molecule has 4 heteroatoms. The number of nitrogens with one attached hydrogen (secondary N) is 1. The highest BCUT2D eigenvalue weighted by molar-refractivity contribution is 5.81. The van der Waals surface area contributed by atoms with Crippen LogP contribution in [0.25, 0.3) is 0 Å². The van der Waals surface area contributed by atoms with Crippen molar-refractivity contribution in [2.45, 2.75) is 52.5 Å². The highest BCUT2D eigenvalue weighted by atomic mass is 16.5. The van der Waals surface area contributed by atoms with E-state index in [1.807, 2.05) is 0 Å². The number of unbranched alkanes of at least 4 members (excludes halogenated alkanes) is 2. The predicted molar refractivity (Wildman–Crippen MR) is 70.8 cm³/mol. The topological polar surface area (TPSA) is 64.4 Å². The number of carbonyl (C=O) groups excluding carboxylic acids is 1. The van der Waals surface area contributed by atoms with Crippen molar-refractivity contribution in [2.24, 2.45) is 11.1 Å². The van der Waals surface area contributed by atoms with E-state index in [0.29, 0.717) is 6.54 Å². The molecule has 0 aromatic heterocycles. The molecule has 17 heavy (non-hydrogen) atoms. The highest BCUT2D eigenvalue weighted by Crippen LogP contribution is 2.22. The average Bonchev–Trinajstić information content (AvgIpc) is 2.26. The molecule has 0 aliphatic heterocycles. The summed E-state index contributed by atoms with van der Waals surface area (Å²) in [6.07, 6.45) is 4.81. The van der Waals surface area contributed by atoms with Crippen molar-refractivity contribution >= 4 is 5.91 Å². The summed E-state index contributed by atoms with van der Waals surface area (Å²) in [7, 11) is 1.54. The van der Waals surface area contributed by atoms with Gasteiger partial charge in [-0.05, 0) is 11.8 Å². The van der Waals surface area contributed by atoms with Crippen molar-refractivity contribution in [3.63, 3.8) is 0 Å². The van der Waals surface area contributed by atoms with Crippen LogP contribution in [-0.4, -0.2) is 32.2 Å². The minimum atomic E-state index is -0.563. The summed E-state index contributed by atoms with van der Waals surface area (Å²) in [6.45, 7) is 7.48. The van der Waals surface area contributed by atoms with Crippen molar-refractivity contribution in [1.29, 1.82) is 0 Å². The third kappa shape index (κ3) is 8.16. The van der Waals surface area contributed by atoms with Crippen LogP contribution in [0, 0.1) is 5.41 Å². The number of ether oxygens (including phenoxy) is 1. The van der Waals surface area contributed by atoms with Crippen molar-refractivity contribution in [1.82, 2.24) is 5.32 Å². The zero-order valence-electron chi connectivity index (χ0n) is 11.7. The fraction of sp³-hybridized carbons (Fsp3) is 0.923. The zero-order valence-corrected chi connectivity index (χ0v) is 11.7. The van der Waals surface area contributed by atoms with Crippen molar-refractivity contribution in [3.05, 3.63) is 0 Å². The molecule has 3 N–H and O–H groups in total. The first-order valence-corrected chi connectivity index (χ1v) is 6.45. The quantitative estimate of drug-likeness (QED) is 0.607. The second-order valence-corrected chi connectivity index (χ2v) is 5.40. The summed E-state index contributed by atoms with van der Waals surface area (Å²) in [6, 6.07) is -0.563. The number of methoxy groups -OCH3 is 1. The maximum absolute atomic E-state index is 11.6. The van der Waals surface area contributed by atoms with E-state index < -0.39 is 6.04 Å². The van der Waals surface area contributed by atoms with Gasteiger partial charge < -0.3 is 15.8 Å². The molecule has 0 radical (unpaired) electrons. The predicted octanol–water partition coefficient (Wildman–Crippen LogP) is 1.68. The third-order valence-corrected chi connectivity index (χ3v) is 2.88. The first-order valence-electron chi connectivity index (χ1n) is 6.45. The molecule has 1 atom stereocenters. The number of hydrogen-bond acceptors (Lipinski definition) is 3. The van der Waals surface area contributed by atoms with Gasteiger partial charge in [-0.15, -0.1) is 0 Å². The smallest absolute Gasteiger partial charge is 0.239 e. The first-order chi connectivity index (χ1) is 7.93. The lowest BCUT2D eigenvalue weighted by atomic mass is 9.87. The second-order valence-electron chi connectivity index (χ2n) is 5.40. The van der Waals surface area contributed by atoms with E-state index in [2.05, 4.69) is 26.1 Å². The minimum Gasteiger partial charge on any atom is -0.383 e. The van der Waals surface area contributed by atoms with Gasteiger partial charge in [0.1, 0.15) is 6.04 Å². The van der Waals surface area contributed by atoms with Gasteiger partial charge in [0.15, 0.2) is 0 Å². The Kier molecular flexibility index (Phi) is 8.17. The number of nitrogens with two attached hydrogens (primary N) is 1. The Balaban J connectivity index is 3.87. The van der Waals surface area contributed by atoms with E-state index in [1.54, 1.807) is 7.11 Å². The van der Waals surface area contributed by atoms with Gasteiger partial charge in [0, 0.05) is 13.7 Å². The van der Waals surface area contributed by atoms with Crippen LogP contribution in [0.3, 0.4) is 0 Å². The molecule has 0 fully saturated rings. The molecule has 1 unspecified atom stereocenters. The van der Waals surface area contributed by atoms with E-state index in [0.717, 1.165) is 6.42 Å². The Hall–Kier alpha value is -0.610. The van der Waals surface area contributed by atoms with Gasteiger partial charge in [0.2, 0.25) is 5.91 Å². The summed E-state index contributed by atoms with van der Waals surface area (Å²) in [5.41, 5.74) is 5.78. The van der Waals surface area contributed by atoms with Gasteiger partial charge in [-0.1, -0.05) is 40.0 Å². The lowest BCUT2D eigenvalue weighted by Gasteiger charge is -2.25. The van der Waals surface area contributed by atoms with E-state index in [1.165, 1.54) is 19.3 Å². The molecule has 0 saturated heterocycles. The largest absolute Gasteiger partial charge is 0.383 e. The molecule has 0 saturated carbocycles. The van der Waals surface area contributed by atoms with Crippen LogP contribution in [0.1, 0.15) is 46.5 Å². The van der Waals surface area contributed by atoms with Gasteiger partial charge in [0.05, 0.1) is 6.61 Å². The molecule has 0 aliphatic carbocycles. The Morgan fingerprint density at radius 3 is 2.59 bits per heavy atom. The molecule has 4 nitrogen and oxygen atoms in total. The van der Waals surface area contributed by atoms with Crippen molar-refractivity contribution in [2.75, 3.05) is 20.3 Å². The highest BCUT2D eigenvalue weighted by Gasteiger charge is 2.20. The van der Waals surface area contributed by atoms with Crippen LogP contribution in [0.15, 0.2) is 0 Å². The van der Waals surface area contributed by atoms with Crippen molar-refractivity contribution < 1.29 is 9.53 Å². The molecule has 0 aromatic rings. The Morgan fingerprint density at radius 1 is 1.41 bits per heavy atom. The molecule has 0 spiro atoms. The molecule has 0 bridgehead atoms. The van der Waals surface area contributed by atoms with Gasteiger partial charge >= 0.3 is 0 Å². The molecule has 0 aliphatic rings. The lowest BCUT2D eigenvalue weighted by molar-refractivity contribution is -0.123. The van der Waals surface area contributed by atoms with Crippen LogP contribution >= 0.6 is 0 Å². The number of hydrogen-bond donors (Lipinski definition) is 2. The van der Waals surface area contributed by atoms with E-state index in [-0.39, 0.29) is 17.9 Å². The summed E-state index contributed by atoms with van der Waals surface area (Å²) >= 11 is 0. The molecular formula is C13H28N2O2. The van der Waals surface area contributed by atoms with Crippen LogP contribution < -0.4 is 11.1 Å². The van der Waals surface area contributed by atoms with E-state index in [9.17, 15) is 4.79 Å². The fourth-order valence-corrected chi connectivity index (χ4v) is 1.65. The summed E-state index contributed by atoms with van der Waals surface area (Å²) < 4.78 is 4.85. The zero-order chi connectivity index (χ0) is 13.3. The average molecular weight is 244 g/mol. The molecule has 102 valence electrons. The van der Waals surface area contributed by atoms with E-state index in [4.69, 9.17) is 10.5 Å². The standard InChI is InChI=1S/C13H28N2O2/c1-5-6-7-8-13(2,3)10-15-12(16)11(14)9-17-4/h11H,5-10,14H2,1-4H3,(H,15,16). The number of amides is 1. The van der Waals surface area contributed by atoms with Crippen LogP contribution in [0.4, 0.5) is 0 Å². The number of rotatable bonds is 9. The van der Waals surface area contributed by atoms with E-state index >= 15 is 0 Å². The van der Waals surface area contributed by atoms with Gasteiger partial charge in [-0.2, -0.15) is 0 Å². The Labute approximate surface area is 105 Å². The van der Waals surface area contributed by atoms with Crippen molar-refractivity contribution in [3.8, 4) is 0 Å². The maximum atomic E-state index is 11.6. The summed E-state index contributed by atoms with van der Waals surface area (Å²) in [4.78, 5) is 11.6. The van der Waals surface area contributed by atoms with Gasteiger partial charge in [-0.25, -0.2) is 0 Å². The fourth-order valence-electron chi connectivity index (χ4n) is 1.65. The molecule has 0 rings (SSSR count). The number of carbonyl (C=O) groups is 1. The molecule has 1 amide bonds. The lowest BCUT2D eigenvalue weighted by Crippen LogP contribution is -2.46. The van der Waals surface area contributed by atoms with Crippen LogP contribution in [-0.2, 0) is 9.53 Å². The van der Waals surface area contributed by atoms with Gasteiger partial charge in [-0.3, -0.25) is 4.79 Å². The molecule has 0 heterocycles. The Bertz CT molecular complexity index is 217. The van der Waals surface area contributed by atoms with Gasteiger partial charge in [0.25, 0.3) is 0 Å². The first kappa shape index (κ1) is 16.4.